The zero-order valence-corrected chi connectivity index (χ0v) is 43.6. The van der Waals surface area contributed by atoms with Crippen molar-refractivity contribution in [3.8, 4) is 11.5 Å². The molecule has 0 fully saturated rings. The summed E-state index contributed by atoms with van der Waals surface area (Å²) in [7, 11) is 3.34. The number of hydrogen-bond donors (Lipinski definition) is 2. The van der Waals surface area contributed by atoms with Gasteiger partial charge in [0, 0.05) is 28.5 Å². The Morgan fingerprint density at radius 2 is 1.09 bits per heavy atom. The number of allylic oxidation sites excluding steroid dienone is 4. The van der Waals surface area contributed by atoms with E-state index in [-0.39, 0.29) is 47.2 Å². The normalized spacial score (nSPS) is 14.7. The lowest BCUT2D eigenvalue weighted by Crippen LogP contribution is -3.00. The summed E-state index contributed by atoms with van der Waals surface area (Å²) in [6, 6.07) is 25.1. The van der Waals surface area contributed by atoms with Crippen molar-refractivity contribution in [2.75, 3.05) is 57.0 Å². The number of aliphatic hydroxyl groups excluding tert-OH is 2. The van der Waals surface area contributed by atoms with E-state index in [0.29, 0.717) is 19.6 Å². The summed E-state index contributed by atoms with van der Waals surface area (Å²) in [6.07, 6.45) is 9.84. The quantitative estimate of drug-likeness (QED) is 0.146. The molecule has 64 heavy (non-hydrogen) atoms. The highest BCUT2D eigenvalue weighted by molar-refractivity contribution is 8.04. The topological polar surface area (TPSA) is 73.2 Å². The van der Waals surface area contributed by atoms with Crippen LogP contribution >= 0.6 is 46.2 Å². The van der Waals surface area contributed by atoms with E-state index < -0.39 is 6.67 Å². The Labute approximate surface area is 414 Å². The fraction of sp³-hybridized carbons (Fsp3) is 0.306. The molecule has 4 aromatic carbocycles. The van der Waals surface area contributed by atoms with Crippen LogP contribution < -0.4 is 62.4 Å². The predicted molar refractivity (Wildman–Crippen MR) is 260 cm³/mol. The average molecular weight is 1070 g/mol. The van der Waals surface area contributed by atoms with E-state index in [1.807, 2.05) is 42.1 Å². The minimum absolute atomic E-state index is 0. The van der Waals surface area contributed by atoms with Crippen molar-refractivity contribution in [3.05, 3.63) is 127 Å². The average Bonchev–Trinajstić information content (AvgIpc) is 3.98. The Balaban J connectivity index is 0.000000234. The molecule has 0 aliphatic carbocycles. The molecule has 8 rings (SSSR count). The maximum absolute atomic E-state index is 13.3. The number of aryl methyl sites for hydroxylation is 2. The number of alkyl halides is 1. The maximum atomic E-state index is 13.3. The van der Waals surface area contributed by atoms with Gasteiger partial charge in [-0.1, -0.05) is 65.3 Å². The number of thiazole rings is 2. The van der Waals surface area contributed by atoms with Crippen molar-refractivity contribution >= 4 is 90.2 Å². The van der Waals surface area contributed by atoms with Gasteiger partial charge in [0.2, 0.25) is 11.0 Å². The van der Waals surface area contributed by atoms with Gasteiger partial charge in [-0.2, -0.15) is 9.13 Å². The van der Waals surface area contributed by atoms with E-state index in [0.717, 1.165) is 71.4 Å². The molecule has 4 heterocycles. The number of aliphatic hydroxyl groups is 2. The van der Waals surface area contributed by atoms with Crippen LogP contribution in [0.4, 0.5) is 15.8 Å². The van der Waals surface area contributed by atoms with Gasteiger partial charge in [0.25, 0.3) is 10.0 Å². The van der Waals surface area contributed by atoms with Crippen LogP contribution in [-0.4, -0.2) is 57.4 Å². The minimum Gasteiger partial charge on any atom is -1.00 e. The monoisotopic (exact) mass is 1070 g/mol. The van der Waals surface area contributed by atoms with E-state index in [2.05, 4.69) is 120 Å². The second kappa shape index (κ2) is 23.7. The number of ether oxygens (including phenoxy) is 2. The van der Waals surface area contributed by atoms with Gasteiger partial charge in [-0.05, 0) is 117 Å². The van der Waals surface area contributed by atoms with E-state index >= 15 is 0 Å². The third-order valence-corrected chi connectivity index (χ3v) is 14.9. The highest BCUT2D eigenvalue weighted by atomic mass is 79.9. The van der Waals surface area contributed by atoms with Gasteiger partial charge >= 0.3 is 0 Å². The number of aromatic nitrogens is 2. The minimum atomic E-state index is -0.400. The van der Waals surface area contributed by atoms with Gasteiger partial charge < -0.3 is 63.4 Å². The number of hydrogen-bond acceptors (Lipinski definition) is 10. The molecule has 2 aliphatic heterocycles. The smallest absolute Gasteiger partial charge is 0.263 e. The lowest BCUT2D eigenvalue weighted by atomic mass is 10.2. The Bertz CT molecular complexity index is 2530. The molecule has 8 nitrogen and oxygen atoms in total. The summed E-state index contributed by atoms with van der Waals surface area (Å²) < 4.78 is 30.7. The van der Waals surface area contributed by atoms with E-state index in [9.17, 15) is 14.6 Å². The van der Waals surface area contributed by atoms with Crippen molar-refractivity contribution in [2.24, 2.45) is 0 Å². The maximum Gasteiger partial charge on any atom is 0.263 e. The molecule has 0 atom stereocenters. The van der Waals surface area contributed by atoms with Crippen LogP contribution in [0, 0.1) is 13.8 Å². The molecule has 0 saturated carbocycles. The van der Waals surface area contributed by atoms with Crippen LogP contribution in [0.5, 0.6) is 11.5 Å². The van der Waals surface area contributed by atoms with E-state index in [1.165, 1.54) is 37.0 Å². The lowest BCUT2D eigenvalue weighted by molar-refractivity contribution is -0.670. The van der Waals surface area contributed by atoms with Crippen LogP contribution in [0.2, 0.25) is 0 Å². The lowest BCUT2D eigenvalue weighted by Gasteiger charge is -2.20. The number of benzene rings is 4. The standard InChI is InChI=1S/C25H29N2O2S2.C24H26FN2O2S2.2BrH/c1-5-10-26-20-13-17(2)6-8-22(20)30-24(26)14-18(3)15-25-27(11-12-28)21-16-19(29-4)7-9-23(21)31-25;1-16-4-6-21-19(12-16)26(9-8-25)23(30-21)13-17(2)14-24-27(10-11-28)20-15-18(29-3)5-7-22(20)31-24;;/h6-9,13-16,28H,5,10-12H2,1-4H3;4-7,12-15,28H,8-11H2,1-3H3;2*1H/q2*+1;;/p-2/i;25-1;;. The van der Waals surface area contributed by atoms with Crippen LogP contribution in [0.15, 0.2) is 116 Å². The van der Waals surface area contributed by atoms with Crippen LogP contribution in [-0.2, 0) is 13.1 Å². The molecule has 2 aliphatic rings. The van der Waals surface area contributed by atoms with E-state index in [1.54, 1.807) is 48.7 Å². The molecule has 2 aromatic heterocycles. The number of thioether (sulfide) groups is 2. The zero-order valence-electron chi connectivity index (χ0n) is 37.2. The van der Waals surface area contributed by atoms with E-state index in [4.69, 9.17) is 9.47 Å². The fourth-order valence-electron chi connectivity index (χ4n) is 7.56. The van der Waals surface area contributed by atoms with Crippen LogP contribution in [0.25, 0.3) is 32.6 Å². The molecule has 15 heteroatoms. The van der Waals surface area contributed by atoms with Gasteiger partial charge in [-0.3, -0.25) is 0 Å². The molecular weight excluding hydrogens is 1010 g/mol. The summed E-state index contributed by atoms with van der Waals surface area (Å²) in [6.45, 7) is 12.8. The van der Waals surface area contributed by atoms with Gasteiger partial charge in [-0.15, -0.1) is 0 Å². The van der Waals surface area contributed by atoms with Crippen LogP contribution in [0.1, 0.15) is 48.3 Å². The second-order valence-corrected chi connectivity index (χ2v) is 19.4. The number of rotatable bonds is 14. The third kappa shape index (κ3) is 11.6. The molecular formula is C49H55Br2FN4O4S4. The molecule has 0 unspecified atom stereocenters. The first-order chi connectivity index (χ1) is 30.1. The molecule has 0 saturated heterocycles. The Kier molecular flexibility index (Phi) is 19.0. The Hall–Kier alpha value is -3.67. The first-order valence-electron chi connectivity index (χ1n) is 20.8. The second-order valence-electron chi connectivity index (χ2n) is 15.2. The van der Waals surface area contributed by atoms with Crippen molar-refractivity contribution < 1.29 is 67.2 Å². The molecule has 0 amide bonds. The molecule has 6 aromatic rings. The SMILES string of the molecule is CCCN1C(=CC(C)=Cc2sc3ccc(OC)cc3[n+]2CCO)Sc2ccc(C)cc21.COc1ccc2sc(C=C(C)C=C3Sc4ccc(C)cc4N3CC[18F])[n+](CCO)c2c1.[Br-].[Br-]. The van der Waals surface area contributed by atoms with Crippen molar-refractivity contribution in [3.63, 3.8) is 0 Å². The predicted octanol–water partition coefficient (Wildman–Crippen LogP) is 5.10. The van der Waals surface area contributed by atoms with Crippen molar-refractivity contribution in [1.29, 1.82) is 0 Å². The van der Waals surface area contributed by atoms with Gasteiger partial charge in [-0.25, -0.2) is 4.39 Å². The molecule has 0 spiro atoms. The fourth-order valence-corrected chi connectivity index (χ4v) is 12.3. The van der Waals surface area contributed by atoms with Gasteiger partial charge in [0.05, 0.1) is 54.3 Å². The summed E-state index contributed by atoms with van der Waals surface area (Å²) in [5.41, 5.74) is 9.25. The molecule has 340 valence electrons. The van der Waals surface area contributed by atoms with Crippen molar-refractivity contribution in [1.82, 2.24) is 0 Å². The number of methoxy groups -OCH3 is 2. The molecule has 0 bridgehead atoms. The number of halogens is 3. The highest BCUT2D eigenvalue weighted by Gasteiger charge is 2.27. The summed E-state index contributed by atoms with van der Waals surface area (Å²) >= 11 is 6.94. The number of anilines is 2. The summed E-state index contributed by atoms with van der Waals surface area (Å²) in [4.78, 5) is 6.97. The largest absolute Gasteiger partial charge is 1.00 e. The Morgan fingerprint density at radius 3 is 1.48 bits per heavy atom. The molecule has 2 N–H and O–H groups in total. The molecule has 0 radical (unpaired) electrons. The first kappa shape index (κ1) is 51.3. The number of fused-ring (bicyclic) bond motifs is 4. The highest BCUT2D eigenvalue weighted by Crippen LogP contribution is 2.48. The van der Waals surface area contributed by atoms with Crippen LogP contribution in [0.3, 0.4) is 0 Å². The Morgan fingerprint density at radius 1 is 0.656 bits per heavy atom. The first-order valence-corrected chi connectivity index (χ1v) is 24.0. The van der Waals surface area contributed by atoms with Gasteiger partial charge in [0.1, 0.15) is 40.8 Å². The van der Waals surface area contributed by atoms with Crippen molar-refractivity contribution in [2.45, 2.75) is 63.9 Å². The summed E-state index contributed by atoms with van der Waals surface area (Å²) in [5, 5.41) is 23.7. The summed E-state index contributed by atoms with van der Waals surface area (Å²) in [5.74, 6) is 1.63. The van der Waals surface area contributed by atoms with Gasteiger partial charge in [0.15, 0.2) is 13.1 Å². The third-order valence-electron chi connectivity index (χ3n) is 10.5. The number of nitrogens with zero attached hydrogens (tertiary/aromatic N) is 4. The zero-order chi connectivity index (χ0) is 43.9.